The van der Waals surface area contributed by atoms with Crippen molar-refractivity contribution in [2.24, 2.45) is 5.92 Å². The van der Waals surface area contributed by atoms with Crippen LogP contribution in [0.15, 0.2) is 18.2 Å². The van der Waals surface area contributed by atoms with Crippen LogP contribution in [-0.4, -0.2) is 29.1 Å². The van der Waals surface area contributed by atoms with E-state index in [0.717, 1.165) is 17.7 Å². The molecule has 1 fully saturated rings. The molecule has 1 aromatic carbocycles. The van der Waals surface area contributed by atoms with Crippen LogP contribution in [0, 0.1) is 24.2 Å². The van der Waals surface area contributed by atoms with E-state index in [1.54, 1.807) is 6.07 Å². The summed E-state index contributed by atoms with van der Waals surface area (Å²) in [5.41, 5.74) is 2.79. The molecule has 0 saturated heterocycles. The Morgan fingerprint density at radius 1 is 1.53 bits per heavy atom. The summed E-state index contributed by atoms with van der Waals surface area (Å²) in [5, 5.41) is 17.8. The van der Waals surface area contributed by atoms with E-state index in [2.05, 4.69) is 6.07 Å². The lowest BCUT2D eigenvalue weighted by molar-refractivity contribution is -0.138. The lowest BCUT2D eigenvalue weighted by Crippen LogP contribution is -2.31. The summed E-state index contributed by atoms with van der Waals surface area (Å²) in [6, 6.07) is 7.68. The van der Waals surface area contributed by atoms with Gasteiger partial charge in [-0.25, -0.2) is 0 Å². The minimum atomic E-state index is -0.785. The molecule has 4 nitrogen and oxygen atoms in total. The maximum absolute atomic E-state index is 10.9. The van der Waals surface area contributed by atoms with Crippen molar-refractivity contribution in [2.45, 2.75) is 26.3 Å². The molecule has 0 spiro atoms. The van der Waals surface area contributed by atoms with Gasteiger partial charge in [0.15, 0.2) is 0 Å². The molecule has 0 heterocycles. The van der Waals surface area contributed by atoms with E-state index in [1.165, 1.54) is 12.8 Å². The molecule has 1 aliphatic rings. The van der Waals surface area contributed by atoms with Gasteiger partial charge in [-0.05, 0) is 48.9 Å². The molecule has 19 heavy (non-hydrogen) atoms. The second-order valence-electron chi connectivity index (χ2n) is 5.26. The number of benzene rings is 1. The zero-order valence-electron chi connectivity index (χ0n) is 11.1. The average Bonchev–Trinajstić information content (AvgIpc) is 3.14. The number of aryl methyl sites for hydroxylation is 1. The van der Waals surface area contributed by atoms with E-state index in [-0.39, 0.29) is 6.54 Å². The Morgan fingerprint density at radius 2 is 2.26 bits per heavy atom. The van der Waals surface area contributed by atoms with E-state index in [9.17, 15) is 4.79 Å². The molecule has 1 aromatic rings. The number of nitrogens with zero attached hydrogens (tertiary/aromatic N) is 2. The predicted molar refractivity (Wildman–Crippen MR) is 71.5 cm³/mol. The second-order valence-corrected chi connectivity index (χ2v) is 5.26. The molecule has 100 valence electrons. The fourth-order valence-corrected chi connectivity index (χ4v) is 2.23. The summed E-state index contributed by atoms with van der Waals surface area (Å²) in [6.45, 7) is 3.54. The van der Waals surface area contributed by atoms with Crippen molar-refractivity contribution in [3.63, 3.8) is 0 Å². The van der Waals surface area contributed by atoms with Gasteiger partial charge in [-0.1, -0.05) is 6.07 Å². The number of aliphatic carboxylic acids is 1. The van der Waals surface area contributed by atoms with Crippen molar-refractivity contribution in [1.29, 1.82) is 5.26 Å². The Morgan fingerprint density at radius 3 is 2.79 bits per heavy atom. The topological polar surface area (TPSA) is 64.3 Å². The predicted octanol–water partition coefficient (Wildman–Crippen LogP) is 2.16. The fourth-order valence-electron chi connectivity index (χ4n) is 2.23. The van der Waals surface area contributed by atoms with Gasteiger partial charge >= 0.3 is 5.97 Å². The van der Waals surface area contributed by atoms with Crippen molar-refractivity contribution in [3.8, 4) is 6.07 Å². The van der Waals surface area contributed by atoms with E-state index < -0.39 is 5.97 Å². The van der Waals surface area contributed by atoms with Gasteiger partial charge in [0, 0.05) is 13.1 Å². The number of carboxylic acids is 1. The molecule has 0 atom stereocenters. The molecule has 0 unspecified atom stereocenters. The molecule has 0 aromatic heterocycles. The van der Waals surface area contributed by atoms with Gasteiger partial charge < -0.3 is 5.11 Å². The van der Waals surface area contributed by atoms with Gasteiger partial charge in [-0.3, -0.25) is 9.69 Å². The number of hydrogen-bond donors (Lipinski definition) is 1. The highest BCUT2D eigenvalue weighted by molar-refractivity contribution is 5.69. The first-order valence-corrected chi connectivity index (χ1v) is 6.52. The Labute approximate surface area is 113 Å². The van der Waals surface area contributed by atoms with Gasteiger partial charge in [-0.15, -0.1) is 0 Å². The number of rotatable bonds is 6. The van der Waals surface area contributed by atoms with Crippen LogP contribution in [0.3, 0.4) is 0 Å². The average molecular weight is 258 g/mol. The van der Waals surface area contributed by atoms with Gasteiger partial charge in [0.2, 0.25) is 0 Å². The summed E-state index contributed by atoms with van der Waals surface area (Å²) in [6.07, 6.45) is 2.42. The third-order valence-corrected chi connectivity index (χ3v) is 3.44. The van der Waals surface area contributed by atoms with Crippen molar-refractivity contribution < 1.29 is 9.90 Å². The fraction of sp³-hybridized carbons (Fsp3) is 0.467. The summed E-state index contributed by atoms with van der Waals surface area (Å²) >= 11 is 0. The first-order chi connectivity index (χ1) is 9.08. The highest BCUT2D eigenvalue weighted by atomic mass is 16.4. The number of nitriles is 1. The minimum absolute atomic E-state index is 0.0793. The highest BCUT2D eigenvalue weighted by Crippen LogP contribution is 2.30. The van der Waals surface area contributed by atoms with Gasteiger partial charge in [0.05, 0.1) is 18.2 Å². The monoisotopic (exact) mass is 258 g/mol. The lowest BCUT2D eigenvalue weighted by Gasteiger charge is -2.21. The summed E-state index contributed by atoms with van der Waals surface area (Å²) in [4.78, 5) is 12.9. The molecule has 0 aliphatic heterocycles. The van der Waals surface area contributed by atoms with Crippen molar-refractivity contribution in [2.75, 3.05) is 13.1 Å². The van der Waals surface area contributed by atoms with Crippen LogP contribution in [0.5, 0.6) is 0 Å². The Hall–Kier alpha value is -1.86. The lowest BCUT2D eigenvalue weighted by atomic mass is 10.0. The molecule has 1 aliphatic carbocycles. The molecule has 0 amide bonds. The second kappa shape index (κ2) is 5.85. The van der Waals surface area contributed by atoms with E-state index >= 15 is 0 Å². The number of hydrogen-bond acceptors (Lipinski definition) is 3. The third kappa shape index (κ3) is 4.08. The molecular weight excluding hydrogens is 240 g/mol. The SMILES string of the molecule is Cc1cc(C#N)ccc1CN(CC(=O)O)CC1CC1. The molecule has 1 saturated carbocycles. The van der Waals surface area contributed by atoms with Crippen LogP contribution in [0.4, 0.5) is 0 Å². The number of carboxylic acid groups (broad SMARTS) is 1. The third-order valence-electron chi connectivity index (χ3n) is 3.44. The highest BCUT2D eigenvalue weighted by Gasteiger charge is 2.25. The first-order valence-electron chi connectivity index (χ1n) is 6.52. The minimum Gasteiger partial charge on any atom is -0.480 e. The zero-order valence-corrected chi connectivity index (χ0v) is 11.1. The maximum Gasteiger partial charge on any atom is 0.317 e. The molecule has 2 rings (SSSR count). The van der Waals surface area contributed by atoms with E-state index in [4.69, 9.17) is 10.4 Å². The van der Waals surface area contributed by atoms with Gasteiger partial charge in [0.25, 0.3) is 0 Å². The van der Waals surface area contributed by atoms with Gasteiger partial charge in [-0.2, -0.15) is 5.26 Å². The summed E-state index contributed by atoms with van der Waals surface area (Å²) < 4.78 is 0. The van der Waals surface area contributed by atoms with Crippen LogP contribution in [0.25, 0.3) is 0 Å². The van der Waals surface area contributed by atoms with Crippen LogP contribution in [-0.2, 0) is 11.3 Å². The normalized spacial score (nSPS) is 14.4. The first kappa shape index (κ1) is 13.6. The van der Waals surface area contributed by atoms with Crippen molar-refractivity contribution in [3.05, 3.63) is 34.9 Å². The standard InChI is InChI=1S/C15H18N2O2/c1-11-6-13(7-16)4-5-14(11)9-17(10-15(18)19)8-12-2-3-12/h4-6,12H,2-3,8-10H2,1H3,(H,18,19). The van der Waals surface area contributed by atoms with Crippen LogP contribution >= 0.6 is 0 Å². The molecular formula is C15H18N2O2. The van der Waals surface area contributed by atoms with Crippen LogP contribution in [0.2, 0.25) is 0 Å². The van der Waals surface area contributed by atoms with Crippen LogP contribution in [0.1, 0.15) is 29.5 Å². The van der Waals surface area contributed by atoms with E-state index in [0.29, 0.717) is 18.0 Å². The Kier molecular flexibility index (Phi) is 4.18. The molecule has 1 N–H and O–H groups in total. The molecule has 0 bridgehead atoms. The largest absolute Gasteiger partial charge is 0.480 e. The zero-order chi connectivity index (χ0) is 13.8. The molecule has 0 radical (unpaired) electrons. The van der Waals surface area contributed by atoms with Crippen LogP contribution < -0.4 is 0 Å². The number of carbonyl (C=O) groups is 1. The van der Waals surface area contributed by atoms with Crippen molar-refractivity contribution in [1.82, 2.24) is 4.90 Å². The Bertz CT molecular complexity index is 515. The smallest absolute Gasteiger partial charge is 0.317 e. The van der Waals surface area contributed by atoms with E-state index in [1.807, 2.05) is 24.0 Å². The summed E-state index contributed by atoms with van der Waals surface area (Å²) in [5.74, 6) is -0.120. The Balaban J connectivity index is 2.06. The summed E-state index contributed by atoms with van der Waals surface area (Å²) in [7, 11) is 0. The quantitative estimate of drug-likeness (QED) is 0.849. The molecule has 4 heteroatoms. The van der Waals surface area contributed by atoms with Gasteiger partial charge in [0.1, 0.15) is 0 Å². The van der Waals surface area contributed by atoms with Crippen molar-refractivity contribution >= 4 is 5.97 Å². The maximum atomic E-state index is 10.9.